The lowest BCUT2D eigenvalue weighted by atomic mass is 9.85. The fourth-order valence-corrected chi connectivity index (χ4v) is 3.66. The molecule has 1 aliphatic rings. The summed E-state index contributed by atoms with van der Waals surface area (Å²) in [6.07, 6.45) is 1.07. The summed E-state index contributed by atoms with van der Waals surface area (Å²) in [5.41, 5.74) is 0.259. The Kier molecular flexibility index (Phi) is 4.32. The van der Waals surface area contributed by atoms with Crippen LogP contribution >= 0.6 is 0 Å². The number of para-hydroxylation sites is 1. The first-order valence-electron chi connectivity index (χ1n) is 13.2. The number of aryl methyl sites for hydroxylation is 1. The van der Waals surface area contributed by atoms with Gasteiger partial charge in [-0.3, -0.25) is 14.8 Å². The number of likely N-dealkylation sites (tertiary alicyclic amines) is 1. The van der Waals surface area contributed by atoms with Gasteiger partial charge in [-0.15, -0.1) is 10.2 Å². The van der Waals surface area contributed by atoms with Gasteiger partial charge in [-0.1, -0.05) is 19.9 Å². The molecule has 0 atom stereocenters. The Morgan fingerprint density at radius 2 is 2.03 bits per heavy atom. The number of hydrogen-bond donors (Lipinski definition) is 3. The molecule has 3 amide bonds. The van der Waals surface area contributed by atoms with Crippen molar-refractivity contribution in [2.45, 2.75) is 13.8 Å². The average Bonchev–Trinajstić information content (AvgIpc) is 3.32. The van der Waals surface area contributed by atoms with Crippen LogP contribution in [0.2, 0.25) is 0 Å². The highest BCUT2D eigenvalue weighted by Crippen LogP contribution is 2.37. The summed E-state index contributed by atoms with van der Waals surface area (Å²) in [5.74, 6) is -0.769. The van der Waals surface area contributed by atoms with Crippen LogP contribution in [0.5, 0.6) is 5.75 Å². The molecule has 4 rings (SSSR count). The number of urea groups is 1. The number of nitrogens with zero attached hydrogens (tertiary/aromatic N) is 6. The van der Waals surface area contributed by atoms with Gasteiger partial charge in [0.15, 0.2) is 23.1 Å². The van der Waals surface area contributed by atoms with Gasteiger partial charge in [-0.25, -0.2) is 9.78 Å². The maximum absolute atomic E-state index is 12.8. The Morgan fingerprint density at radius 3 is 2.71 bits per heavy atom. The second-order valence-electron chi connectivity index (χ2n) is 8.42. The summed E-state index contributed by atoms with van der Waals surface area (Å²) in [6, 6.07) is 5.74. The standard InChI is InChI=1S/C22H27N9O3/c1-22(2)10-31(11-22)21(33)26-16-9-15(17(28-27-16)20(32)23-3)25-14-8-6-7-13(18(14)34-5)19-24-12-30(4)29-19/h6-9,12H,10-11H2,1-5H3,(H,23,32)(H2,25,26,27,33)/i3D3,4D3. The molecule has 34 heavy (non-hydrogen) atoms. The van der Waals surface area contributed by atoms with Crippen LogP contribution in [0.25, 0.3) is 11.4 Å². The minimum absolute atomic E-state index is 0.00269. The number of methoxy groups -OCH3 is 1. The zero-order chi connectivity index (χ0) is 29.5. The first kappa shape index (κ1) is 16.4. The Hall–Kier alpha value is -4.22. The maximum atomic E-state index is 12.8. The summed E-state index contributed by atoms with van der Waals surface area (Å²) in [7, 11) is 1.37. The molecule has 0 spiro atoms. The number of aromatic nitrogens is 5. The number of ether oxygens (including phenoxy) is 1. The molecule has 3 aromatic rings. The zero-order valence-electron chi connectivity index (χ0n) is 24.7. The summed E-state index contributed by atoms with van der Waals surface area (Å²) in [4.78, 5) is 31.0. The van der Waals surface area contributed by atoms with E-state index in [4.69, 9.17) is 13.0 Å². The highest BCUT2D eigenvalue weighted by Gasteiger charge is 2.37. The zero-order valence-corrected chi connectivity index (χ0v) is 18.7. The van der Waals surface area contributed by atoms with E-state index in [1.165, 1.54) is 13.2 Å². The highest BCUT2D eigenvalue weighted by molar-refractivity contribution is 5.99. The van der Waals surface area contributed by atoms with Gasteiger partial charge in [0.05, 0.1) is 24.0 Å². The van der Waals surface area contributed by atoms with Gasteiger partial charge in [0.1, 0.15) is 6.33 Å². The second kappa shape index (κ2) is 8.96. The van der Waals surface area contributed by atoms with Crippen molar-refractivity contribution in [3.05, 3.63) is 36.3 Å². The van der Waals surface area contributed by atoms with Crippen molar-refractivity contribution in [3.63, 3.8) is 0 Å². The molecule has 0 bridgehead atoms. The lowest BCUT2D eigenvalue weighted by Gasteiger charge is -2.45. The molecule has 12 heteroatoms. The minimum Gasteiger partial charge on any atom is -0.494 e. The van der Waals surface area contributed by atoms with Crippen molar-refractivity contribution in [2.24, 2.45) is 12.4 Å². The summed E-state index contributed by atoms with van der Waals surface area (Å²) < 4.78 is 51.0. The van der Waals surface area contributed by atoms with Crippen LogP contribution in [0, 0.1) is 5.41 Å². The summed E-state index contributed by atoms with van der Waals surface area (Å²) >= 11 is 0. The van der Waals surface area contributed by atoms with Gasteiger partial charge in [0, 0.05) is 46.7 Å². The van der Waals surface area contributed by atoms with Gasteiger partial charge in [-0.2, -0.15) is 5.10 Å². The Bertz CT molecular complexity index is 1430. The van der Waals surface area contributed by atoms with Gasteiger partial charge >= 0.3 is 6.03 Å². The monoisotopic (exact) mass is 471 g/mol. The Balaban J connectivity index is 1.69. The van der Waals surface area contributed by atoms with Gasteiger partial charge in [0.2, 0.25) is 0 Å². The fourth-order valence-electron chi connectivity index (χ4n) is 3.66. The van der Waals surface area contributed by atoms with Crippen LogP contribution in [0.4, 0.5) is 22.0 Å². The Morgan fingerprint density at radius 1 is 1.21 bits per heavy atom. The van der Waals surface area contributed by atoms with Crippen molar-refractivity contribution in [1.29, 1.82) is 0 Å². The minimum atomic E-state index is -2.79. The normalized spacial score (nSPS) is 17.6. The molecule has 178 valence electrons. The largest absolute Gasteiger partial charge is 0.494 e. The van der Waals surface area contributed by atoms with E-state index >= 15 is 0 Å². The molecule has 1 fully saturated rings. The molecule has 0 aliphatic carbocycles. The van der Waals surface area contributed by atoms with E-state index in [2.05, 4.69) is 30.9 Å². The van der Waals surface area contributed by atoms with Crippen molar-refractivity contribution in [2.75, 3.05) is 37.8 Å². The van der Waals surface area contributed by atoms with Crippen LogP contribution in [-0.2, 0) is 6.98 Å². The molecule has 3 N–H and O–H groups in total. The SMILES string of the molecule is [2H]C([2H])([2H])NC(=O)c1nnc(NC(=O)N2CC(C)(C)C2)cc1Nc1cccc(-c2ncn(C([2H])([2H])[2H])n2)c1OC. The van der Waals surface area contributed by atoms with Crippen molar-refractivity contribution in [1.82, 2.24) is 35.2 Å². The molecule has 0 unspecified atom stereocenters. The summed E-state index contributed by atoms with van der Waals surface area (Å²) in [5, 5.41) is 19.2. The quantitative estimate of drug-likeness (QED) is 0.497. The van der Waals surface area contributed by atoms with Crippen molar-refractivity contribution >= 4 is 29.1 Å². The molecule has 0 radical (unpaired) electrons. The molecular weight excluding hydrogens is 438 g/mol. The van der Waals surface area contributed by atoms with Crippen LogP contribution in [-0.4, -0.2) is 69.0 Å². The lowest BCUT2D eigenvalue weighted by molar-refractivity contribution is 0.0687. The van der Waals surface area contributed by atoms with E-state index in [1.807, 2.05) is 19.2 Å². The number of carbonyl (C=O) groups is 2. The third-order valence-corrected chi connectivity index (χ3v) is 5.10. The number of rotatable bonds is 6. The molecule has 2 aromatic heterocycles. The maximum Gasteiger partial charge on any atom is 0.323 e. The predicted molar refractivity (Wildman–Crippen MR) is 126 cm³/mol. The van der Waals surface area contributed by atoms with Crippen molar-refractivity contribution < 1.29 is 22.6 Å². The van der Waals surface area contributed by atoms with Gasteiger partial charge in [0.25, 0.3) is 5.91 Å². The number of anilines is 3. The van der Waals surface area contributed by atoms with E-state index in [0.29, 0.717) is 18.7 Å². The van der Waals surface area contributed by atoms with E-state index in [0.717, 1.165) is 11.0 Å². The molecule has 1 aromatic carbocycles. The first-order chi connectivity index (χ1) is 18.6. The molecule has 0 saturated carbocycles. The number of benzene rings is 1. The molecule has 3 heterocycles. The van der Waals surface area contributed by atoms with Crippen LogP contribution in [0.3, 0.4) is 0 Å². The number of carbonyl (C=O) groups excluding carboxylic acids is 2. The van der Waals surface area contributed by atoms with Crippen molar-refractivity contribution in [3.8, 4) is 17.1 Å². The molecule has 12 nitrogen and oxygen atoms in total. The van der Waals surface area contributed by atoms with Crippen LogP contribution in [0.1, 0.15) is 32.6 Å². The first-order valence-corrected chi connectivity index (χ1v) is 10.2. The lowest BCUT2D eigenvalue weighted by Crippen LogP contribution is -2.56. The van der Waals surface area contributed by atoms with E-state index in [-0.39, 0.29) is 39.9 Å². The Labute approximate surface area is 205 Å². The number of amides is 3. The number of hydrogen-bond acceptors (Lipinski definition) is 8. The molecule has 1 aliphatic heterocycles. The van der Waals surface area contributed by atoms with E-state index < -0.39 is 25.9 Å². The third kappa shape index (κ3) is 4.60. The van der Waals surface area contributed by atoms with Crippen LogP contribution in [0.15, 0.2) is 30.6 Å². The second-order valence-corrected chi connectivity index (χ2v) is 8.42. The van der Waals surface area contributed by atoms with Gasteiger partial charge < -0.3 is 20.3 Å². The topological polar surface area (TPSA) is 139 Å². The summed E-state index contributed by atoms with van der Waals surface area (Å²) in [6.45, 7) is -0.173. The molecule has 1 saturated heterocycles. The van der Waals surface area contributed by atoms with Crippen LogP contribution < -0.4 is 20.7 Å². The number of nitrogens with one attached hydrogen (secondary N) is 3. The molecular formula is C22H27N9O3. The third-order valence-electron chi connectivity index (χ3n) is 5.10. The van der Waals surface area contributed by atoms with E-state index in [9.17, 15) is 9.59 Å². The smallest absolute Gasteiger partial charge is 0.323 e. The highest BCUT2D eigenvalue weighted by atomic mass is 16.5. The van der Waals surface area contributed by atoms with E-state index in [1.54, 1.807) is 23.1 Å². The average molecular weight is 472 g/mol. The predicted octanol–water partition coefficient (Wildman–Crippen LogP) is 2.26. The van der Waals surface area contributed by atoms with Gasteiger partial charge in [-0.05, 0) is 12.1 Å². The fraction of sp³-hybridized carbons (Fsp3) is 0.364.